The second-order valence-corrected chi connectivity index (χ2v) is 3.61. The molecule has 0 spiro atoms. The third-order valence-electron chi connectivity index (χ3n) is 0.692. The van der Waals surface area contributed by atoms with Crippen molar-refractivity contribution in [2.75, 3.05) is 0 Å². The van der Waals surface area contributed by atoms with E-state index in [2.05, 4.69) is 0 Å². The second kappa shape index (κ2) is 2.46. The Balaban J connectivity index is 2.41. The number of hydrogen-bond donors (Lipinski definition) is 1. The molecule has 0 aromatic carbocycles. The van der Waals surface area contributed by atoms with Crippen molar-refractivity contribution in [2.24, 2.45) is 5.73 Å². The van der Waals surface area contributed by atoms with Crippen molar-refractivity contribution in [3.8, 4) is 0 Å². The van der Waals surface area contributed by atoms with Crippen molar-refractivity contribution in [1.82, 2.24) is 0 Å². The maximum absolute atomic E-state index is 10.3. The summed E-state index contributed by atoms with van der Waals surface area (Å²) in [5.41, 5.74) is 4.98. The largest absolute Gasteiger partial charge is 0.368 e. The number of hydrogen-bond acceptors (Lipinski definition) is 3. The van der Waals surface area contributed by atoms with Crippen LogP contribution in [-0.4, -0.2) is 10.5 Å². The lowest BCUT2D eigenvalue weighted by molar-refractivity contribution is -0.116. The lowest BCUT2D eigenvalue weighted by atomic mass is 10.8. The second-order valence-electron chi connectivity index (χ2n) is 1.28. The molecule has 2 N–H and O–H groups in total. The van der Waals surface area contributed by atoms with E-state index in [1.165, 1.54) is 23.5 Å². The summed E-state index contributed by atoms with van der Waals surface area (Å²) < 4.78 is -0.0741. The van der Waals surface area contributed by atoms with E-state index in [0.717, 1.165) is 0 Å². The molecule has 0 atom stereocenters. The van der Waals surface area contributed by atoms with Crippen molar-refractivity contribution in [3.63, 3.8) is 0 Å². The molecular formula is C4H5NOS2. The van der Waals surface area contributed by atoms with Gasteiger partial charge in [-0.25, -0.2) is 0 Å². The Hall–Kier alpha value is -0.0900. The normalized spacial score (nSPS) is 19.5. The summed E-state index contributed by atoms with van der Waals surface area (Å²) in [6.07, 6.45) is 0. The fraction of sp³-hybridized carbons (Fsp3) is 0.250. The van der Waals surface area contributed by atoms with Gasteiger partial charge in [-0.2, -0.15) is 0 Å². The predicted octanol–water partition coefficient (Wildman–Crippen LogP) is 0.749. The van der Waals surface area contributed by atoms with Gasteiger partial charge >= 0.3 is 0 Å². The molecule has 1 heterocycles. The van der Waals surface area contributed by atoms with Crippen LogP contribution in [0, 0.1) is 0 Å². The van der Waals surface area contributed by atoms with Gasteiger partial charge < -0.3 is 5.73 Å². The molecule has 1 amide bonds. The van der Waals surface area contributed by atoms with Crippen LogP contribution in [0.4, 0.5) is 0 Å². The van der Waals surface area contributed by atoms with Gasteiger partial charge in [-0.15, -0.1) is 23.5 Å². The Kier molecular flexibility index (Phi) is 1.85. The molecular weight excluding hydrogens is 142 g/mol. The first kappa shape index (κ1) is 6.04. The SMILES string of the molecule is NC(=O)C1SC=CS1. The van der Waals surface area contributed by atoms with E-state index < -0.39 is 0 Å². The highest BCUT2D eigenvalue weighted by molar-refractivity contribution is 8.23. The molecule has 44 valence electrons. The lowest BCUT2D eigenvalue weighted by Gasteiger charge is -1.97. The molecule has 1 aliphatic rings. The van der Waals surface area contributed by atoms with Gasteiger partial charge in [-0.1, -0.05) is 0 Å². The Labute approximate surface area is 55.9 Å². The van der Waals surface area contributed by atoms with Crippen LogP contribution in [0.15, 0.2) is 10.8 Å². The van der Waals surface area contributed by atoms with Gasteiger partial charge in [0.15, 0.2) is 0 Å². The van der Waals surface area contributed by atoms with Gasteiger partial charge in [0.25, 0.3) is 0 Å². The summed E-state index contributed by atoms with van der Waals surface area (Å²) in [7, 11) is 0. The topological polar surface area (TPSA) is 43.1 Å². The Morgan fingerprint density at radius 3 is 2.25 bits per heavy atom. The molecule has 0 saturated carbocycles. The maximum Gasteiger partial charge on any atom is 0.241 e. The number of primary amides is 1. The molecule has 1 aliphatic heterocycles. The third-order valence-corrected chi connectivity index (χ3v) is 3.08. The van der Waals surface area contributed by atoms with E-state index in [1.54, 1.807) is 0 Å². The molecule has 8 heavy (non-hydrogen) atoms. The average Bonchev–Trinajstić information content (AvgIpc) is 2.12. The van der Waals surface area contributed by atoms with E-state index in [4.69, 9.17) is 5.73 Å². The molecule has 0 saturated heterocycles. The molecule has 4 heteroatoms. The van der Waals surface area contributed by atoms with E-state index >= 15 is 0 Å². The maximum atomic E-state index is 10.3. The van der Waals surface area contributed by atoms with Gasteiger partial charge in [0.2, 0.25) is 5.91 Å². The quantitative estimate of drug-likeness (QED) is 0.595. The number of thioether (sulfide) groups is 2. The Morgan fingerprint density at radius 1 is 1.50 bits per heavy atom. The highest BCUT2D eigenvalue weighted by Gasteiger charge is 2.16. The molecule has 2 nitrogen and oxygen atoms in total. The van der Waals surface area contributed by atoms with Crippen LogP contribution >= 0.6 is 23.5 Å². The summed E-state index contributed by atoms with van der Waals surface area (Å²) >= 11 is 2.92. The molecule has 0 bridgehead atoms. The van der Waals surface area contributed by atoms with E-state index in [0.29, 0.717) is 0 Å². The average molecular weight is 147 g/mol. The first-order chi connectivity index (χ1) is 3.80. The van der Waals surface area contributed by atoms with Crippen molar-refractivity contribution >= 4 is 29.4 Å². The molecule has 0 fully saturated rings. The highest BCUT2D eigenvalue weighted by atomic mass is 32.2. The van der Waals surface area contributed by atoms with Crippen LogP contribution in [0.25, 0.3) is 0 Å². The monoisotopic (exact) mass is 147 g/mol. The zero-order chi connectivity index (χ0) is 5.98. The summed E-state index contributed by atoms with van der Waals surface area (Å²) in [4.78, 5) is 10.3. The first-order valence-corrected chi connectivity index (χ1v) is 3.94. The lowest BCUT2D eigenvalue weighted by Crippen LogP contribution is -2.20. The minimum absolute atomic E-state index is 0.0741. The van der Waals surface area contributed by atoms with Crippen LogP contribution in [0.3, 0.4) is 0 Å². The van der Waals surface area contributed by atoms with E-state index in [-0.39, 0.29) is 10.5 Å². The summed E-state index contributed by atoms with van der Waals surface area (Å²) in [6.45, 7) is 0. The van der Waals surface area contributed by atoms with Crippen molar-refractivity contribution in [2.45, 2.75) is 4.58 Å². The fourth-order valence-electron chi connectivity index (χ4n) is 0.373. The predicted molar refractivity (Wildman–Crippen MR) is 37.3 cm³/mol. The molecule has 0 aromatic heterocycles. The number of nitrogens with two attached hydrogens (primary N) is 1. The molecule has 0 radical (unpaired) electrons. The zero-order valence-corrected chi connectivity index (χ0v) is 5.67. The highest BCUT2D eigenvalue weighted by Crippen LogP contribution is 2.32. The standard InChI is InChI=1S/C4H5NOS2/c5-3(6)4-7-1-2-8-4/h1-2,4H,(H2,5,6). The number of carbonyl (C=O) groups is 1. The fourth-order valence-corrected chi connectivity index (χ4v) is 2.08. The van der Waals surface area contributed by atoms with E-state index in [9.17, 15) is 4.79 Å². The zero-order valence-electron chi connectivity index (χ0n) is 4.03. The van der Waals surface area contributed by atoms with E-state index in [1.807, 2.05) is 10.8 Å². The Morgan fingerprint density at radius 2 is 2.00 bits per heavy atom. The van der Waals surface area contributed by atoms with Crippen molar-refractivity contribution in [1.29, 1.82) is 0 Å². The van der Waals surface area contributed by atoms with Crippen molar-refractivity contribution in [3.05, 3.63) is 10.8 Å². The first-order valence-electron chi connectivity index (χ1n) is 2.06. The van der Waals surface area contributed by atoms with Gasteiger partial charge in [0.05, 0.1) is 0 Å². The van der Waals surface area contributed by atoms with Crippen LogP contribution in [0.1, 0.15) is 0 Å². The number of rotatable bonds is 1. The van der Waals surface area contributed by atoms with Crippen molar-refractivity contribution < 1.29 is 4.79 Å². The van der Waals surface area contributed by atoms with Crippen LogP contribution in [-0.2, 0) is 4.79 Å². The van der Waals surface area contributed by atoms with Crippen LogP contribution in [0.5, 0.6) is 0 Å². The van der Waals surface area contributed by atoms with Gasteiger partial charge in [-0.3, -0.25) is 4.79 Å². The van der Waals surface area contributed by atoms with Crippen LogP contribution in [0.2, 0.25) is 0 Å². The summed E-state index contributed by atoms with van der Waals surface area (Å²) in [5.74, 6) is -0.245. The molecule has 0 unspecified atom stereocenters. The van der Waals surface area contributed by atoms with Gasteiger partial charge in [0.1, 0.15) is 4.58 Å². The summed E-state index contributed by atoms with van der Waals surface area (Å²) in [5, 5.41) is 3.75. The van der Waals surface area contributed by atoms with Crippen LogP contribution < -0.4 is 5.73 Å². The van der Waals surface area contributed by atoms with Gasteiger partial charge in [-0.05, 0) is 10.8 Å². The minimum atomic E-state index is -0.245. The smallest absolute Gasteiger partial charge is 0.241 e. The Bertz CT molecular complexity index is 126. The molecule has 1 rings (SSSR count). The third kappa shape index (κ3) is 1.20. The molecule has 0 aliphatic carbocycles. The number of carbonyl (C=O) groups excluding carboxylic acids is 1. The molecule has 0 aromatic rings. The summed E-state index contributed by atoms with van der Waals surface area (Å²) in [6, 6.07) is 0. The van der Waals surface area contributed by atoms with Gasteiger partial charge in [0, 0.05) is 0 Å². The number of amides is 1. The minimum Gasteiger partial charge on any atom is -0.368 e.